The van der Waals surface area contributed by atoms with E-state index in [-0.39, 0.29) is 6.10 Å². The molecule has 0 spiro atoms. The number of piperidine rings is 1. The highest BCUT2D eigenvalue weighted by molar-refractivity contribution is 6.12. The number of nitrogens with zero attached hydrogens (tertiary/aromatic N) is 2. The summed E-state index contributed by atoms with van der Waals surface area (Å²) >= 11 is 0. The molecule has 2 bridgehead atoms. The standard InChI is InChI=1S/C13H20N2O2/c1-3-13(17-14-8-9-16)11-6-4-10-5-7-12(11)15(10)2/h3,8-13H,1,4-7H2,2H3. The lowest BCUT2D eigenvalue weighted by molar-refractivity contribution is -0.102. The Morgan fingerprint density at radius 1 is 1.41 bits per heavy atom. The van der Waals surface area contributed by atoms with Crippen LogP contribution in [-0.2, 0) is 9.63 Å². The van der Waals surface area contributed by atoms with Crippen LogP contribution in [0.4, 0.5) is 0 Å². The smallest absolute Gasteiger partial charge is 0.164 e. The minimum absolute atomic E-state index is 0.0855. The molecule has 4 atom stereocenters. The first-order valence-corrected chi connectivity index (χ1v) is 6.25. The molecule has 0 saturated carbocycles. The Morgan fingerprint density at radius 3 is 2.88 bits per heavy atom. The molecule has 17 heavy (non-hydrogen) atoms. The summed E-state index contributed by atoms with van der Waals surface area (Å²) in [4.78, 5) is 18.0. The highest BCUT2D eigenvalue weighted by Crippen LogP contribution is 2.40. The second kappa shape index (κ2) is 5.45. The van der Waals surface area contributed by atoms with E-state index in [4.69, 9.17) is 4.84 Å². The van der Waals surface area contributed by atoms with Crippen molar-refractivity contribution in [2.45, 2.75) is 43.9 Å². The number of aldehydes is 1. The molecule has 2 aliphatic heterocycles. The fourth-order valence-corrected chi connectivity index (χ4v) is 3.29. The van der Waals surface area contributed by atoms with Gasteiger partial charge in [0.25, 0.3) is 0 Å². The lowest BCUT2D eigenvalue weighted by Crippen LogP contribution is -2.46. The first-order chi connectivity index (χ1) is 8.27. The number of rotatable bonds is 5. The van der Waals surface area contributed by atoms with Gasteiger partial charge in [0.05, 0.1) is 0 Å². The van der Waals surface area contributed by atoms with Crippen LogP contribution in [0.25, 0.3) is 0 Å². The van der Waals surface area contributed by atoms with Crippen LogP contribution in [0.5, 0.6) is 0 Å². The van der Waals surface area contributed by atoms with Crippen molar-refractivity contribution in [2.75, 3.05) is 7.05 Å². The van der Waals surface area contributed by atoms with Crippen LogP contribution in [0.3, 0.4) is 0 Å². The molecule has 0 aromatic rings. The van der Waals surface area contributed by atoms with Crippen molar-refractivity contribution in [3.05, 3.63) is 12.7 Å². The Hall–Kier alpha value is -1.16. The minimum atomic E-state index is -0.0855. The summed E-state index contributed by atoms with van der Waals surface area (Å²) in [6.45, 7) is 3.82. The molecular formula is C13H20N2O2. The third kappa shape index (κ3) is 2.41. The molecule has 0 aromatic heterocycles. The van der Waals surface area contributed by atoms with Gasteiger partial charge in [-0.15, -0.1) is 0 Å². The van der Waals surface area contributed by atoms with E-state index >= 15 is 0 Å². The zero-order chi connectivity index (χ0) is 12.3. The third-order valence-corrected chi connectivity index (χ3v) is 4.18. The van der Waals surface area contributed by atoms with Crippen molar-refractivity contribution < 1.29 is 9.63 Å². The van der Waals surface area contributed by atoms with Crippen LogP contribution in [0.1, 0.15) is 25.7 Å². The molecule has 2 fully saturated rings. The average Bonchev–Trinajstić information content (AvgIpc) is 2.58. The molecule has 0 aromatic carbocycles. The lowest BCUT2D eigenvalue weighted by atomic mass is 9.86. The normalized spacial score (nSPS) is 34.8. The SMILES string of the molecule is C=CC(ON=CC=O)C1CCC2CCC1N2C. The van der Waals surface area contributed by atoms with E-state index in [0.717, 1.165) is 18.7 Å². The van der Waals surface area contributed by atoms with Crippen LogP contribution < -0.4 is 0 Å². The zero-order valence-corrected chi connectivity index (χ0v) is 10.3. The van der Waals surface area contributed by atoms with Crippen molar-refractivity contribution in [3.63, 3.8) is 0 Å². The molecule has 94 valence electrons. The second-order valence-electron chi connectivity index (χ2n) is 4.90. The molecule has 0 amide bonds. The number of carbonyl (C=O) groups excluding carboxylic acids is 1. The minimum Gasteiger partial charge on any atom is -0.388 e. The van der Waals surface area contributed by atoms with Crippen molar-refractivity contribution in [1.82, 2.24) is 4.90 Å². The molecule has 4 nitrogen and oxygen atoms in total. The quantitative estimate of drug-likeness (QED) is 0.315. The van der Waals surface area contributed by atoms with Gasteiger partial charge < -0.3 is 9.74 Å². The van der Waals surface area contributed by atoms with Gasteiger partial charge in [-0.05, 0) is 38.8 Å². The van der Waals surface area contributed by atoms with E-state index in [0.29, 0.717) is 18.2 Å². The molecule has 0 radical (unpaired) electrons. The summed E-state index contributed by atoms with van der Waals surface area (Å²) in [7, 11) is 2.20. The molecule has 2 heterocycles. The number of fused-ring (bicyclic) bond motifs is 2. The zero-order valence-electron chi connectivity index (χ0n) is 10.3. The van der Waals surface area contributed by atoms with Gasteiger partial charge in [0.15, 0.2) is 6.29 Å². The van der Waals surface area contributed by atoms with Gasteiger partial charge >= 0.3 is 0 Å². The van der Waals surface area contributed by atoms with Crippen LogP contribution in [0, 0.1) is 5.92 Å². The highest BCUT2D eigenvalue weighted by atomic mass is 16.6. The largest absolute Gasteiger partial charge is 0.388 e. The topological polar surface area (TPSA) is 41.9 Å². The van der Waals surface area contributed by atoms with Crippen LogP contribution in [0.2, 0.25) is 0 Å². The van der Waals surface area contributed by atoms with Crippen molar-refractivity contribution in [1.29, 1.82) is 0 Å². The predicted molar refractivity (Wildman–Crippen MR) is 66.9 cm³/mol. The molecule has 0 N–H and O–H groups in total. The maximum absolute atomic E-state index is 10.2. The molecule has 2 saturated heterocycles. The summed E-state index contributed by atoms with van der Waals surface area (Å²) in [5.41, 5.74) is 0. The number of carbonyl (C=O) groups is 1. The Bertz CT molecular complexity index is 317. The van der Waals surface area contributed by atoms with E-state index in [2.05, 4.69) is 23.7 Å². The van der Waals surface area contributed by atoms with Crippen molar-refractivity contribution in [2.24, 2.45) is 11.1 Å². The Balaban J connectivity index is 2.01. The van der Waals surface area contributed by atoms with Gasteiger partial charge in [-0.3, -0.25) is 4.79 Å². The van der Waals surface area contributed by atoms with Crippen LogP contribution in [0.15, 0.2) is 17.8 Å². The summed E-state index contributed by atoms with van der Waals surface area (Å²) in [6, 6.07) is 1.32. The Kier molecular flexibility index (Phi) is 3.94. The molecule has 4 heteroatoms. The molecule has 2 aliphatic rings. The first kappa shape index (κ1) is 12.3. The lowest BCUT2D eigenvalue weighted by Gasteiger charge is -2.39. The first-order valence-electron chi connectivity index (χ1n) is 6.25. The fourth-order valence-electron chi connectivity index (χ4n) is 3.29. The summed E-state index contributed by atoms with van der Waals surface area (Å²) in [5.74, 6) is 0.444. The second-order valence-corrected chi connectivity index (χ2v) is 4.90. The number of hydrogen-bond acceptors (Lipinski definition) is 4. The maximum atomic E-state index is 10.2. The van der Waals surface area contributed by atoms with E-state index in [9.17, 15) is 4.79 Å². The molecular weight excluding hydrogens is 216 g/mol. The van der Waals surface area contributed by atoms with E-state index in [1.165, 1.54) is 19.3 Å². The van der Waals surface area contributed by atoms with Crippen molar-refractivity contribution >= 4 is 12.5 Å². The van der Waals surface area contributed by atoms with Gasteiger partial charge in [-0.1, -0.05) is 11.7 Å². The van der Waals surface area contributed by atoms with E-state index in [1.54, 1.807) is 6.08 Å². The van der Waals surface area contributed by atoms with Crippen LogP contribution in [-0.4, -0.2) is 42.6 Å². The summed E-state index contributed by atoms with van der Waals surface area (Å²) < 4.78 is 0. The monoisotopic (exact) mass is 236 g/mol. The van der Waals surface area contributed by atoms with Gasteiger partial charge in [-0.2, -0.15) is 0 Å². The average molecular weight is 236 g/mol. The number of hydrogen-bond donors (Lipinski definition) is 0. The van der Waals surface area contributed by atoms with E-state index < -0.39 is 0 Å². The van der Waals surface area contributed by atoms with Gasteiger partial charge in [0.1, 0.15) is 12.3 Å². The Labute approximate surface area is 102 Å². The van der Waals surface area contributed by atoms with Crippen LogP contribution >= 0.6 is 0 Å². The number of oxime groups is 1. The van der Waals surface area contributed by atoms with Gasteiger partial charge in [0, 0.05) is 18.0 Å². The Morgan fingerprint density at radius 2 is 2.18 bits per heavy atom. The fraction of sp³-hybridized carbons (Fsp3) is 0.692. The van der Waals surface area contributed by atoms with Crippen molar-refractivity contribution in [3.8, 4) is 0 Å². The molecule has 4 unspecified atom stereocenters. The molecule has 0 aliphatic carbocycles. The summed E-state index contributed by atoms with van der Waals surface area (Å²) in [5, 5.41) is 3.66. The highest BCUT2D eigenvalue weighted by Gasteiger charge is 2.43. The molecule has 2 rings (SSSR count). The van der Waals surface area contributed by atoms with Gasteiger partial charge in [-0.25, -0.2) is 0 Å². The summed E-state index contributed by atoms with van der Waals surface area (Å²) in [6.07, 6.45) is 8.39. The third-order valence-electron chi connectivity index (χ3n) is 4.18. The maximum Gasteiger partial charge on any atom is 0.164 e. The van der Waals surface area contributed by atoms with Gasteiger partial charge in [0.2, 0.25) is 0 Å². The van der Waals surface area contributed by atoms with E-state index in [1.807, 2.05) is 0 Å². The predicted octanol–water partition coefficient (Wildman–Crippen LogP) is 1.62.